The molecule has 0 radical (unpaired) electrons. The summed E-state index contributed by atoms with van der Waals surface area (Å²) in [7, 11) is 0. The third-order valence-corrected chi connectivity index (χ3v) is 7.05. The molecule has 3 aromatic rings. The molecule has 1 fully saturated rings. The van der Waals surface area contributed by atoms with Crippen molar-refractivity contribution in [3.05, 3.63) is 87.7 Å². The van der Waals surface area contributed by atoms with Crippen LogP contribution in [0.1, 0.15) is 19.4 Å². The molecule has 1 aliphatic heterocycles. The molecule has 0 saturated carbocycles. The molecule has 0 N–H and O–H groups in total. The molecule has 0 spiro atoms. The van der Waals surface area contributed by atoms with E-state index < -0.39 is 0 Å². The van der Waals surface area contributed by atoms with Crippen LogP contribution in [0.2, 0.25) is 4.34 Å². The summed E-state index contributed by atoms with van der Waals surface area (Å²) in [6.45, 7) is 12.7. The van der Waals surface area contributed by atoms with Gasteiger partial charge in [0, 0.05) is 52.7 Å². The average molecular weight is 481 g/mol. The molecule has 3 heterocycles. The Labute approximate surface area is 204 Å². The molecule has 2 aromatic heterocycles. The van der Waals surface area contributed by atoms with Gasteiger partial charge in [0.05, 0.1) is 16.5 Å². The van der Waals surface area contributed by atoms with Gasteiger partial charge in [-0.15, -0.1) is 11.3 Å². The fraction of sp³-hybridized carbons (Fsp3) is 0.296. The van der Waals surface area contributed by atoms with Crippen molar-refractivity contribution in [2.75, 3.05) is 19.6 Å². The number of halogens is 1. The Kier molecular flexibility index (Phi) is 7.35. The van der Waals surface area contributed by atoms with Gasteiger partial charge in [-0.25, -0.2) is 0 Å². The lowest BCUT2D eigenvalue weighted by molar-refractivity contribution is -0.0646. The van der Waals surface area contributed by atoms with Crippen molar-refractivity contribution in [1.29, 1.82) is 0 Å². The number of rotatable bonds is 6. The van der Waals surface area contributed by atoms with Crippen LogP contribution >= 0.6 is 22.9 Å². The Bertz CT molecular complexity index is 1280. The molecule has 0 amide bonds. The average Bonchev–Trinajstić information content (AvgIpc) is 3.21. The molecule has 172 valence electrons. The van der Waals surface area contributed by atoms with Gasteiger partial charge in [0.2, 0.25) is 0 Å². The first-order valence-electron chi connectivity index (χ1n) is 11.2. The third kappa shape index (κ3) is 5.22. The van der Waals surface area contributed by atoms with Crippen molar-refractivity contribution in [2.24, 2.45) is 0 Å². The van der Waals surface area contributed by atoms with Crippen LogP contribution in [-0.2, 0) is 4.74 Å². The second-order valence-corrected chi connectivity index (χ2v) is 10.2. The third-order valence-electron chi connectivity index (χ3n) is 5.78. The zero-order chi connectivity index (χ0) is 23.5. The maximum Gasteiger partial charge on any atom is 0.262 e. The van der Waals surface area contributed by atoms with Gasteiger partial charge in [-0.05, 0) is 56.7 Å². The van der Waals surface area contributed by atoms with Gasteiger partial charge in [-0.3, -0.25) is 14.3 Å². The Balaban J connectivity index is 1.70. The lowest BCUT2D eigenvalue weighted by atomic mass is 10.0. The molecule has 1 saturated heterocycles. The molecule has 33 heavy (non-hydrogen) atoms. The lowest BCUT2D eigenvalue weighted by Crippen LogP contribution is -2.45. The van der Waals surface area contributed by atoms with Crippen molar-refractivity contribution in [1.82, 2.24) is 9.47 Å². The number of hydrogen-bond acceptors (Lipinski definition) is 4. The van der Waals surface area contributed by atoms with Crippen molar-refractivity contribution >= 4 is 39.4 Å². The van der Waals surface area contributed by atoms with E-state index in [1.807, 2.05) is 55.6 Å². The van der Waals surface area contributed by atoms with E-state index in [2.05, 4.69) is 31.4 Å². The molecule has 1 aromatic carbocycles. The highest BCUT2D eigenvalue weighted by Gasteiger charge is 2.21. The van der Waals surface area contributed by atoms with Crippen LogP contribution in [0.4, 0.5) is 0 Å². The summed E-state index contributed by atoms with van der Waals surface area (Å²) in [6, 6.07) is 9.77. The van der Waals surface area contributed by atoms with Crippen LogP contribution < -0.4 is 5.56 Å². The van der Waals surface area contributed by atoms with Crippen LogP contribution in [0.25, 0.3) is 26.9 Å². The molecule has 2 atom stereocenters. The molecule has 4 nitrogen and oxygen atoms in total. The standard InChI is InChI=1S/C27H29ClN2O2S/c1-5-8-21(9-7-14-29-16-19(3)32-20(4)17-29)30-15-18(2)26-22(24-12-13-25(28)33-24)10-6-11-23(26)27(30)31/h5-13,15,19-20H,1,14,16-17H2,2-4H3/b9-7-,21-8+/t19-,20+. The number of ether oxygens (including phenoxy) is 1. The Hall–Kier alpha value is -2.44. The second kappa shape index (κ2) is 10.2. The van der Waals surface area contributed by atoms with Gasteiger partial charge in [-0.1, -0.05) is 42.5 Å². The number of hydrogen-bond donors (Lipinski definition) is 0. The number of benzene rings is 1. The normalized spacial score (nSPS) is 20.1. The highest BCUT2D eigenvalue weighted by molar-refractivity contribution is 7.19. The summed E-state index contributed by atoms with van der Waals surface area (Å²) < 4.78 is 8.27. The summed E-state index contributed by atoms with van der Waals surface area (Å²) in [5.74, 6) is 0. The van der Waals surface area contributed by atoms with Crippen LogP contribution in [0.3, 0.4) is 0 Å². The number of fused-ring (bicyclic) bond motifs is 1. The number of nitrogens with zero attached hydrogens (tertiary/aromatic N) is 2. The first-order valence-corrected chi connectivity index (χ1v) is 12.3. The number of allylic oxidation sites excluding steroid dienone is 4. The SMILES string of the molecule is C=C/C=C(\C=C/CN1C[C@@H](C)O[C@@H](C)C1)n1cc(C)c2c(-c3ccc(Cl)s3)cccc2c1=O. The van der Waals surface area contributed by atoms with Crippen molar-refractivity contribution in [3.63, 3.8) is 0 Å². The number of morpholine rings is 1. The fourth-order valence-electron chi connectivity index (χ4n) is 4.55. The minimum atomic E-state index is -0.0496. The summed E-state index contributed by atoms with van der Waals surface area (Å²) in [6.07, 6.45) is 10.1. The first kappa shape index (κ1) is 23.7. The first-order chi connectivity index (χ1) is 15.9. The van der Waals surface area contributed by atoms with Gasteiger partial charge >= 0.3 is 0 Å². The monoisotopic (exact) mass is 480 g/mol. The van der Waals surface area contributed by atoms with E-state index >= 15 is 0 Å². The van der Waals surface area contributed by atoms with Gasteiger partial charge < -0.3 is 4.74 Å². The summed E-state index contributed by atoms with van der Waals surface area (Å²) in [5, 5.41) is 1.66. The Morgan fingerprint density at radius 2 is 2.00 bits per heavy atom. The maximum atomic E-state index is 13.5. The van der Waals surface area contributed by atoms with Gasteiger partial charge in [0.15, 0.2) is 0 Å². The zero-order valence-corrected chi connectivity index (χ0v) is 20.8. The van der Waals surface area contributed by atoms with Crippen LogP contribution in [-0.4, -0.2) is 41.3 Å². The Morgan fingerprint density at radius 3 is 2.67 bits per heavy atom. The minimum absolute atomic E-state index is 0.0496. The predicted octanol–water partition coefficient (Wildman–Crippen LogP) is 6.38. The van der Waals surface area contributed by atoms with Gasteiger partial charge in [0.25, 0.3) is 5.56 Å². The molecule has 0 bridgehead atoms. The summed E-state index contributed by atoms with van der Waals surface area (Å²) in [5.41, 5.74) is 2.81. The number of aryl methyl sites for hydroxylation is 1. The van der Waals surface area contributed by atoms with E-state index in [0.717, 1.165) is 51.1 Å². The van der Waals surface area contributed by atoms with E-state index in [-0.39, 0.29) is 17.8 Å². The molecule has 1 aliphatic rings. The van der Waals surface area contributed by atoms with E-state index in [4.69, 9.17) is 16.3 Å². The van der Waals surface area contributed by atoms with E-state index in [0.29, 0.717) is 5.39 Å². The summed E-state index contributed by atoms with van der Waals surface area (Å²) in [4.78, 5) is 17.0. The molecular weight excluding hydrogens is 452 g/mol. The second-order valence-electron chi connectivity index (χ2n) is 8.52. The van der Waals surface area contributed by atoms with Crippen molar-refractivity contribution in [3.8, 4) is 10.4 Å². The molecule has 0 unspecified atom stereocenters. The van der Waals surface area contributed by atoms with Crippen LogP contribution in [0.5, 0.6) is 0 Å². The predicted molar refractivity (Wildman–Crippen MR) is 141 cm³/mol. The lowest BCUT2D eigenvalue weighted by Gasteiger charge is -2.34. The van der Waals surface area contributed by atoms with Crippen LogP contribution in [0.15, 0.2) is 72.2 Å². The molecular formula is C27H29ClN2O2S. The number of aromatic nitrogens is 1. The number of pyridine rings is 1. The number of thiophene rings is 1. The Morgan fingerprint density at radius 1 is 1.24 bits per heavy atom. The quantitative estimate of drug-likeness (QED) is 0.384. The van der Waals surface area contributed by atoms with Crippen LogP contribution in [0, 0.1) is 6.92 Å². The van der Waals surface area contributed by atoms with E-state index in [9.17, 15) is 4.79 Å². The highest BCUT2D eigenvalue weighted by Crippen LogP contribution is 2.36. The van der Waals surface area contributed by atoms with Gasteiger partial charge in [-0.2, -0.15) is 0 Å². The molecule has 6 heteroatoms. The smallest absolute Gasteiger partial charge is 0.262 e. The zero-order valence-electron chi connectivity index (χ0n) is 19.3. The maximum absolute atomic E-state index is 13.5. The topological polar surface area (TPSA) is 34.5 Å². The highest BCUT2D eigenvalue weighted by atomic mass is 35.5. The van der Waals surface area contributed by atoms with E-state index in [1.54, 1.807) is 10.6 Å². The summed E-state index contributed by atoms with van der Waals surface area (Å²) >= 11 is 7.69. The van der Waals surface area contributed by atoms with E-state index in [1.165, 1.54) is 11.3 Å². The van der Waals surface area contributed by atoms with Crippen molar-refractivity contribution < 1.29 is 4.74 Å². The van der Waals surface area contributed by atoms with Gasteiger partial charge in [0.1, 0.15) is 0 Å². The van der Waals surface area contributed by atoms with Crippen molar-refractivity contribution in [2.45, 2.75) is 33.0 Å². The molecule has 4 rings (SSSR count). The molecule has 0 aliphatic carbocycles. The minimum Gasteiger partial charge on any atom is -0.373 e. The fourth-order valence-corrected chi connectivity index (χ4v) is 5.63. The largest absolute Gasteiger partial charge is 0.373 e.